The van der Waals surface area contributed by atoms with Gasteiger partial charge in [-0.25, -0.2) is 8.42 Å². The van der Waals surface area contributed by atoms with E-state index in [4.69, 9.17) is 0 Å². The van der Waals surface area contributed by atoms with Crippen molar-refractivity contribution in [2.24, 2.45) is 5.92 Å². The van der Waals surface area contributed by atoms with Crippen molar-refractivity contribution in [1.82, 2.24) is 10.3 Å². The van der Waals surface area contributed by atoms with E-state index in [-0.39, 0.29) is 18.4 Å². The van der Waals surface area contributed by atoms with Gasteiger partial charge < -0.3 is 5.32 Å². The Labute approximate surface area is 167 Å². The van der Waals surface area contributed by atoms with Gasteiger partial charge in [-0.2, -0.15) is 0 Å². The lowest BCUT2D eigenvalue weighted by Gasteiger charge is -2.24. The molecule has 1 fully saturated rings. The fraction of sp³-hybridized carbons (Fsp3) is 0.455. The third-order valence-electron chi connectivity index (χ3n) is 5.52. The van der Waals surface area contributed by atoms with Crippen molar-refractivity contribution >= 4 is 15.7 Å². The normalized spacial score (nSPS) is 16.5. The predicted molar refractivity (Wildman–Crippen MR) is 110 cm³/mol. The van der Waals surface area contributed by atoms with Gasteiger partial charge in [0.05, 0.1) is 4.90 Å². The number of nitrogens with one attached hydrogen (secondary N) is 1. The fourth-order valence-corrected chi connectivity index (χ4v) is 5.82. The molecule has 0 bridgehead atoms. The Morgan fingerprint density at radius 3 is 2.61 bits per heavy atom. The van der Waals surface area contributed by atoms with Crippen LogP contribution in [-0.2, 0) is 14.6 Å². The van der Waals surface area contributed by atoms with Crippen molar-refractivity contribution in [1.29, 1.82) is 0 Å². The molecule has 150 valence electrons. The highest BCUT2D eigenvalue weighted by molar-refractivity contribution is 7.91. The SMILES string of the molecule is Cc1ccc(C)c(S(=O)(=O)[C@H](CNC(=O)C2CCCCC2)c2cccnc2)c1. The lowest BCUT2D eigenvalue weighted by molar-refractivity contribution is -0.125. The smallest absolute Gasteiger partial charge is 0.223 e. The number of aromatic nitrogens is 1. The molecule has 0 spiro atoms. The molecule has 6 heteroatoms. The molecule has 2 aromatic rings. The molecule has 0 unspecified atom stereocenters. The molecule has 5 nitrogen and oxygen atoms in total. The van der Waals surface area contributed by atoms with Crippen molar-refractivity contribution in [2.75, 3.05) is 6.54 Å². The van der Waals surface area contributed by atoms with Gasteiger partial charge in [0.25, 0.3) is 0 Å². The summed E-state index contributed by atoms with van der Waals surface area (Å²) >= 11 is 0. The summed E-state index contributed by atoms with van der Waals surface area (Å²) in [7, 11) is -3.69. The zero-order valence-corrected chi connectivity index (χ0v) is 17.3. The number of hydrogen-bond acceptors (Lipinski definition) is 4. The van der Waals surface area contributed by atoms with Crippen molar-refractivity contribution < 1.29 is 13.2 Å². The van der Waals surface area contributed by atoms with E-state index in [0.717, 1.165) is 31.2 Å². The van der Waals surface area contributed by atoms with Gasteiger partial charge in [-0.1, -0.05) is 37.5 Å². The number of benzene rings is 1. The molecule has 0 aliphatic heterocycles. The van der Waals surface area contributed by atoms with Gasteiger partial charge in [-0.15, -0.1) is 0 Å². The van der Waals surface area contributed by atoms with Gasteiger partial charge in [0.1, 0.15) is 5.25 Å². The average molecular weight is 401 g/mol. The molecule has 1 heterocycles. The fourth-order valence-electron chi connectivity index (χ4n) is 3.84. The van der Waals surface area contributed by atoms with Crippen LogP contribution in [0.2, 0.25) is 0 Å². The summed E-state index contributed by atoms with van der Waals surface area (Å²) in [6.07, 6.45) is 8.24. The van der Waals surface area contributed by atoms with Crippen LogP contribution < -0.4 is 5.32 Å². The largest absolute Gasteiger partial charge is 0.354 e. The number of carbonyl (C=O) groups is 1. The zero-order chi connectivity index (χ0) is 20.1. The molecule has 1 N–H and O–H groups in total. The van der Waals surface area contributed by atoms with Crippen molar-refractivity contribution in [2.45, 2.75) is 56.1 Å². The van der Waals surface area contributed by atoms with Crippen molar-refractivity contribution in [3.05, 3.63) is 59.4 Å². The Morgan fingerprint density at radius 1 is 1.18 bits per heavy atom. The van der Waals surface area contributed by atoms with Crippen LogP contribution >= 0.6 is 0 Å². The van der Waals surface area contributed by atoms with Crippen LogP contribution in [0.4, 0.5) is 0 Å². The molecule has 3 rings (SSSR count). The maximum Gasteiger partial charge on any atom is 0.223 e. The highest BCUT2D eigenvalue weighted by Gasteiger charge is 2.32. The Hall–Kier alpha value is -2.21. The topological polar surface area (TPSA) is 76.1 Å². The minimum Gasteiger partial charge on any atom is -0.354 e. The van der Waals surface area contributed by atoms with Crippen molar-refractivity contribution in [3.8, 4) is 0 Å². The summed E-state index contributed by atoms with van der Waals surface area (Å²) in [5.41, 5.74) is 2.19. The average Bonchev–Trinajstić information content (AvgIpc) is 2.71. The first kappa shape index (κ1) is 20.5. The number of sulfone groups is 1. The van der Waals surface area contributed by atoms with Crippen LogP contribution in [0.1, 0.15) is 54.0 Å². The number of amides is 1. The first-order valence-electron chi connectivity index (χ1n) is 9.88. The van der Waals surface area contributed by atoms with Crippen LogP contribution in [0.25, 0.3) is 0 Å². The van der Waals surface area contributed by atoms with Gasteiger partial charge in [0, 0.05) is 24.9 Å². The molecule has 1 atom stereocenters. The maximum atomic E-state index is 13.5. The van der Waals surface area contributed by atoms with Gasteiger partial charge >= 0.3 is 0 Å². The zero-order valence-electron chi connectivity index (χ0n) is 16.5. The van der Waals surface area contributed by atoms with E-state index in [0.29, 0.717) is 16.0 Å². The van der Waals surface area contributed by atoms with E-state index >= 15 is 0 Å². The molecule has 1 aliphatic rings. The maximum absolute atomic E-state index is 13.5. The summed E-state index contributed by atoms with van der Waals surface area (Å²) in [6, 6.07) is 8.91. The Kier molecular flexibility index (Phi) is 6.50. The van der Waals surface area contributed by atoms with Crippen LogP contribution in [-0.4, -0.2) is 25.9 Å². The van der Waals surface area contributed by atoms with Gasteiger partial charge in [0.2, 0.25) is 5.91 Å². The Bertz CT molecular complexity index is 920. The molecular formula is C22H28N2O3S. The molecule has 0 radical (unpaired) electrons. The summed E-state index contributed by atoms with van der Waals surface area (Å²) in [5, 5.41) is 2.05. The standard InChI is InChI=1S/C22H28N2O3S/c1-16-10-11-17(2)20(13-16)28(26,27)21(19-9-6-12-23-14-19)15-24-22(25)18-7-4-3-5-8-18/h6,9-14,18,21H,3-5,7-8,15H2,1-2H3,(H,24,25)/t21-/m1/s1. The molecule has 0 saturated heterocycles. The Balaban J connectivity index is 1.89. The minimum atomic E-state index is -3.69. The van der Waals surface area contributed by atoms with E-state index < -0.39 is 15.1 Å². The second kappa shape index (κ2) is 8.86. The van der Waals surface area contributed by atoms with E-state index in [1.54, 1.807) is 37.5 Å². The molecule has 1 aliphatic carbocycles. The molecule has 1 saturated carbocycles. The highest BCUT2D eigenvalue weighted by Crippen LogP contribution is 2.31. The number of carbonyl (C=O) groups excluding carboxylic acids is 1. The van der Waals surface area contributed by atoms with Crippen LogP contribution in [0.5, 0.6) is 0 Å². The van der Waals surface area contributed by atoms with Crippen LogP contribution in [0.15, 0.2) is 47.6 Å². The summed E-state index contributed by atoms with van der Waals surface area (Å²) in [6.45, 7) is 3.73. The van der Waals surface area contributed by atoms with E-state index in [2.05, 4.69) is 10.3 Å². The van der Waals surface area contributed by atoms with Gasteiger partial charge in [-0.3, -0.25) is 9.78 Å². The summed E-state index contributed by atoms with van der Waals surface area (Å²) < 4.78 is 27.0. The van der Waals surface area contributed by atoms with E-state index in [9.17, 15) is 13.2 Å². The van der Waals surface area contributed by atoms with E-state index in [1.807, 2.05) is 19.1 Å². The lowest BCUT2D eigenvalue weighted by Crippen LogP contribution is -2.36. The third-order valence-corrected chi connectivity index (χ3v) is 7.76. The Morgan fingerprint density at radius 2 is 1.93 bits per heavy atom. The number of pyridine rings is 1. The quantitative estimate of drug-likeness (QED) is 0.798. The first-order valence-corrected chi connectivity index (χ1v) is 11.4. The molecule has 1 aromatic heterocycles. The second-order valence-electron chi connectivity index (χ2n) is 7.67. The van der Waals surface area contributed by atoms with Crippen molar-refractivity contribution in [3.63, 3.8) is 0 Å². The van der Waals surface area contributed by atoms with Crippen LogP contribution in [0, 0.1) is 19.8 Å². The number of nitrogens with zero attached hydrogens (tertiary/aromatic N) is 1. The summed E-state index contributed by atoms with van der Waals surface area (Å²) in [5.74, 6) is -0.0449. The number of rotatable bonds is 6. The predicted octanol–water partition coefficient (Wildman–Crippen LogP) is 3.91. The molecule has 28 heavy (non-hydrogen) atoms. The van der Waals surface area contributed by atoms with E-state index in [1.165, 1.54) is 6.42 Å². The molecular weight excluding hydrogens is 372 g/mol. The number of hydrogen-bond donors (Lipinski definition) is 1. The lowest BCUT2D eigenvalue weighted by atomic mass is 9.88. The minimum absolute atomic E-state index is 0.00768. The van der Waals surface area contributed by atoms with Gasteiger partial charge in [-0.05, 0) is 55.5 Å². The van der Waals surface area contributed by atoms with Gasteiger partial charge in [0.15, 0.2) is 9.84 Å². The monoisotopic (exact) mass is 400 g/mol. The second-order valence-corrected chi connectivity index (χ2v) is 9.77. The first-order chi connectivity index (χ1) is 13.4. The third kappa shape index (κ3) is 4.61. The number of aryl methyl sites for hydroxylation is 2. The van der Waals surface area contributed by atoms with Crippen LogP contribution in [0.3, 0.4) is 0 Å². The molecule has 1 amide bonds. The molecule has 1 aromatic carbocycles. The summed E-state index contributed by atoms with van der Waals surface area (Å²) in [4.78, 5) is 17.0. The highest BCUT2D eigenvalue weighted by atomic mass is 32.2.